The maximum Gasteiger partial charge on any atom is 0.109 e. The van der Waals surface area contributed by atoms with E-state index in [0.717, 1.165) is 44.6 Å². The normalized spacial score (nSPS) is 35.6. The van der Waals surface area contributed by atoms with Crippen LogP contribution < -0.4 is 5.32 Å². The lowest BCUT2D eigenvalue weighted by atomic mass is 9.83. The maximum atomic E-state index is 6.06. The van der Waals surface area contributed by atoms with Gasteiger partial charge in [0.2, 0.25) is 0 Å². The van der Waals surface area contributed by atoms with Crippen LogP contribution >= 0.6 is 0 Å². The molecule has 3 nitrogen and oxygen atoms in total. The van der Waals surface area contributed by atoms with E-state index in [2.05, 4.69) is 26.1 Å². The van der Waals surface area contributed by atoms with E-state index < -0.39 is 0 Å². The second-order valence-corrected chi connectivity index (χ2v) is 6.19. The largest absolute Gasteiger partial charge is 0.378 e. The van der Waals surface area contributed by atoms with Crippen molar-refractivity contribution in [1.29, 1.82) is 0 Å². The van der Waals surface area contributed by atoms with Gasteiger partial charge in [-0.05, 0) is 24.7 Å². The van der Waals surface area contributed by atoms with Gasteiger partial charge in [0, 0.05) is 25.6 Å². The van der Waals surface area contributed by atoms with Gasteiger partial charge in [0.05, 0.1) is 13.2 Å². The van der Waals surface area contributed by atoms with Crippen molar-refractivity contribution in [3.05, 3.63) is 0 Å². The molecule has 2 heterocycles. The Hall–Kier alpha value is -0.120. The molecular formula is C14H27NO2. The van der Waals surface area contributed by atoms with Crippen LogP contribution in [-0.4, -0.2) is 38.0 Å². The number of morpholine rings is 1. The van der Waals surface area contributed by atoms with Crippen LogP contribution in [0.15, 0.2) is 0 Å². The van der Waals surface area contributed by atoms with Crippen molar-refractivity contribution in [3.63, 3.8) is 0 Å². The molecule has 2 aliphatic rings. The van der Waals surface area contributed by atoms with E-state index in [9.17, 15) is 0 Å². The fourth-order valence-electron chi connectivity index (χ4n) is 3.33. The molecule has 17 heavy (non-hydrogen) atoms. The zero-order chi connectivity index (χ0) is 12.3. The Morgan fingerprint density at radius 1 is 1.29 bits per heavy atom. The Morgan fingerprint density at radius 3 is 2.76 bits per heavy atom. The lowest BCUT2D eigenvalue weighted by Crippen LogP contribution is -2.59. The molecule has 2 saturated heterocycles. The van der Waals surface area contributed by atoms with Crippen LogP contribution in [0.4, 0.5) is 0 Å². The minimum absolute atomic E-state index is 0.0243. The highest BCUT2D eigenvalue weighted by atomic mass is 16.6. The molecule has 2 aliphatic heterocycles. The molecule has 0 radical (unpaired) electrons. The summed E-state index contributed by atoms with van der Waals surface area (Å²) in [6.07, 6.45) is 3.57. The summed E-state index contributed by atoms with van der Waals surface area (Å²) in [4.78, 5) is 0. The van der Waals surface area contributed by atoms with Crippen molar-refractivity contribution < 1.29 is 9.47 Å². The predicted octanol–water partition coefficient (Wildman–Crippen LogP) is 2.21. The lowest BCUT2D eigenvalue weighted by Gasteiger charge is -2.42. The summed E-state index contributed by atoms with van der Waals surface area (Å²) in [7, 11) is 0. The van der Waals surface area contributed by atoms with Crippen LogP contribution in [0.1, 0.15) is 40.0 Å². The zero-order valence-electron chi connectivity index (χ0n) is 11.5. The Balaban J connectivity index is 1.92. The summed E-state index contributed by atoms with van der Waals surface area (Å²) in [5.74, 6) is 1.54. The van der Waals surface area contributed by atoms with E-state index in [-0.39, 0.29) is 5.60 Å². The molecule has 0 aromatic carbocycles. The lowest BCUT2D eigenvalue weighted by molar-refractivity contribution is -0.102. The van der Waals surface area contributed by atoms with Crippen molar-refractivity contribution in [3.8, 4) is 0 Å². The Morgan fingerprint density at radius 2 is 2.12 bits per heavy atom. The van der Waals surface area contributed by atoms with Crippen LogP contribution in [0.2, 0.25) is 0 Å². The molecule has 100 valence electrons. The summed E-state index contributed by atoms with van der Waals surface area (Å²) in [5, 5.41) is 3.65. The van der Waals surface area contributed by atoms with E-state index >= 15 is 0 Å². The van der Waals surface area contributed by atoms with Crippen LogP contribution in [0, 0.1) is 11.8 Å². The smallest absolute Gasteiger partial charge is 0.109 e. The van der Waals surface area contributed by atoms with Crippen molar-refractivity contribution in [2.45, 2.75) is 51.7 Å². The highest BCUT2D eigenvalue weighted by Crippen LogP contribution is 2.33. The van der Waals surface area contributed by atoms with Crippen LogP contribution in [0.3, 0.4) is 0 Å². The predicted molar refractivity (Wildman–Crippen MR) is 69.1 cm³/mol. The quantitative estimate of drug-likeness (QED) is 0.818. The van der Waals surface area contributed by atoms with Gasteiger partial charge in [-0.15, -0.1) is 0 Å². The first-order valence-corrected chi connectivity index (χ1v) is 7.07. The first-order chi connectivity index (χ1) is 8.12. The molecule has 2 fully saturated rings. The third-order valence-corrected chi connectivity index (χ3v) is 4.05. The Bertz CT molecular complexity index is 236. The van der Waals surface area contributed by atoms with E-state index in [0.29, 0.717) is 6.04 Å². The summed E-state index contributed by atoms with van der Waals surface area (Å²) in [6.45, 7) is 10.4. The second kappa shape index (κ2) is 5.68. The summed E-state index contributed by atoms with van der Waals surface area (Å²) >= 11 is 0. The highest BCUT2D eigenvalue weighted by molar-refractivity contribution is 4.99. The van der Waals surface area contributed by atoms with Crippen LogP contribution in [0.25, 0.3) is 0 Å². The van der Waals surface area contributed by atoms with Gasteiger partial charge in [-0.2, -0.15) is 0 Å². The zero-order valence-corrected chi connectivity index (χ0v) is 11.5. The van der Waals surface area contributed by atoms with Crippen molar-refractivity contribution in [1.82, 2.24) is 5.32 Å². The van der Waals surface area contributed by atoms with Crippen molar-refractivity contribution in [2.75, 3.05) is 26.4 Å². The van der Waals surface area contributed by atoms with Gasteiger partial charge in [-0.3, -0.25) is 0 Å². The maximum absolute atomic E-state index is 6.06. The fraction of sp³-hybridized carbons (Fsp3) is 1.00. The van der Waals surface area contributed by atoms with E-state index in [1.165, 1.54) is 12.8 Å². The fourth-order valence-corrected chi connectivity index (χ4v) is 3.33. The highest BCUT2D eigenvalue weighted by Gasteiger charge is 2.45. The standard InChI is InChI=1S/C14H27NO2/c1-11(2)8-12(3)9-13-14(4-6-16-10-14)17-7-5-15-13/h11-13,15H,4-10H2,1-3H3. The van der Waals surface area contributed by atoms with E-state index in [1.807, 2.05) is 0 Å². The molecule has 0 saturated carbocycles. The van der Waals surface area contributed by atoms with Crippen molar-refractivity contribution in [2.24, 2.45) is 11.8 Å². The summed E-state index contributed by atoms with van der Waals surface area (Å²) < 4.78 is 11.6. The van der Waals surface area contributed by atoms with Crippen molar-refractivity contribution >= 4 is 0 Å². The molecule has 0 bridgehead atoms. The molecule has 2 rings (SSSR count). The molecule has 0 aliphatic carbocycles. The second-order valence-electron chi connectivity index (χ2n) is 6.19. The average molecular weight is 241 g/mol. The van der Waals surface area contributed by atoms with Gasteiger partial charge in [0.15, 0.2) is 0 Å². The number of rotatable bonds is 4. The number of hydrogen-bond donors (Lipinski definition) is 1. The molecule has 0 aromatic rings. The first kappa shape index (κ1) is 13.3. The third-order valence-electron chi connectivity index (χ3n) is 4.05. The van der Waals surface area contributed by atoms with Gasteiger partial charge in [-0.1, -0.05) is 20.8 Å². The van der Waals surface area contributed by atoms with Gasteiger partial charge in [0.1, 0.15) is 5.60 Å². The van der Waals surface area contributed by atoms with Gasteiger partial charge >= 0.3 is 0 Å². The summed E-state index contributed by atoms with van der Waals surface area (Å²) in [5.41, 5.74) is -0.0243. The number of nitrogens with one attached hydrogen (secondary N) is 1. The number of ether oxygens (including phenoxy) is 2. The molecule has 3 unspecified atom stereocenters. The minimum Gasteiger partial charge on any atom is -0.378 e. The van der Waals surface area contributed by atoms with Crippen LogP contribution in [-0.2, 0) is 9.47 Å². The minimum atomic E-state index is -0.0243. The monoisotopic (exact) mass is 241 g/mol. The Labute approximate surface area is 105 Å². The molecular weight excluding hydrogens is 214 g/mol. The van der Waals surface area contributed by atoms with Crippen LogP contribution in [0.5, 0.6) is 0 Å². The van der Waals surface area contributed by atoms with E-state index in [1.54, 1.807) is 0 Å². The topological polar surface area (TPSA) is 30.5 Å². The SMILES string of the molecule is CC(C)CC(C)CC1NCCOC12CCOC2. The van der Waals surface area contributed by atoms with Gasteiger partial charge < -0.3 is 14.8 Å². The molecule has 1 N–H and O–H groups in total. The van der Waals surface area contributed by atoms with E-state index in [4.69, 9.17) is 9.47 Å². The molecule has 1 spiro atoms. The molecule has 3 atom stereocenters. The molecule has 0 amide bonds. The molecule has 0 aromatic heterocycles. The average Bonchev–Trinajstić information content (AvgIpc) is 2.70. The summed E-state index contributed by atoms with van der Waals surface area (Å²) in [6, 6.07) is 0.479. The Kier molecular flexibility index (Phi) is 4.45. The van der Waals surface area contributed by atoms with Gasteiger partial charge in [0.25, 0.3) is 0 Å². The van der Waals surface area contributed by atoms with Gasteiger partial charge in [-0.25, -0.2) is 0 Å². The first-order valence-electron chi connectivity index (χ1n) is 7.07. The molecule has 3 heteroatoms. The third kappa shape index (κ3) is 3.21. The number of hydrogen-bond acceptors (Lipinski definition) is 3.